The van der Waals surface area contributed by atoms with E-state index in [4.69, 9.17) is 4.74 Å². The van der Waals surface area contributed by atoms with E-state index in [9.17, 15) is 0 Å². The van der Waals surface area contributed by atoms with Crippen LogP contribution in [0, 0.1) is 0 Å². The van der Waals surface area contributed by atoms with Crippen LogP contribution in [0.3, 0.4) is 0 Å². The topological polar surface area (TPSA) is 12.5 Å². The van der Waals surface area contributed by atoms with Gasteiger partial charge in [-0.05, 0) is 26.4 Å². The summed E-state index contributed by atoms with van der Waals surface area (Å²) in [5.41, 5.74) is 0. The summed E-state index contributed by atoms with van der Waals surface area (Å²) in [5, 5.41) is 0.741. The van der Waals surface area contributed by atoms with E-state index in [1.807, 2.05) is 0 Å². The molecule has 1 heterocycles. The first-order valence-electron chi connectivity index (χ1n) is 5.73. The molecule has 1 fully saturated rings. The van der Waals surface area contributed by atoms with Crippen LogP contribution in [-0.2, 0) is 4.74 Å². The van der Waals surface area contributed by atoms with Crippen molar-refractivity contribution in [1.82, 2.24) is 4.90 Å². The molecule has 0 saturated carbocycles. The van der Waals surface area contributed by atoms with E-state index >= 15 is 0 Å². The summed E-state index contributed by atoms with van der Waals surface area (Å²) in [6.07, 6.45) is 1.71. The third-order valence-electron chi connectivity index (χ3n) is 2.94. The van der Waals surface area contributed by atoms with Crippen LogP contribution in [0.25, 0.3) is 0 Å². The zero-order valence-electron chi connectivity index (χ0n) is 9.66. The standard InChI is InChI=1S/C11H23NOS/c1-4-12(5-2)7-9-14-11-6-8-13-10(11)3/h10-11H,4-9H2,1-3H3/t10-,11+/m1/s1. The van der Waals surface area contributed by atoms with Crippen molar-refractivity contribution in [3.8, 4) is 0 Å². The Balaban J connectivity index is 2.08. The molecule has 84 valence electrons. The second-order valence-electron chi connectivity index (χ2n) is 3.80. The summed E-state index contributed by atoms with van der Waals surface area (Å²) in [4.78, 5) is 2.48. The Kier molecular flexibility index (Phi) is 5.90. The highest BCUT2D eigenvalue weighted by Crippen LogP contribution is 2.25. The van der Waals surface area contributed by atoms with Crippen LogP contribution < -0.4 is 0 Å². The highest BCUT2D eigenvalue weighted by molar-refractivity contribution is 8.00. The van der Waals surface area contributed by atoms with Gasteiger partial charge in [-0.3, -0.25) is 0 Å². The summed E-state index contributed by atoms with van der Waals surface area (Å²) in [5.74, 6) is 1.25. The fourth-order valence-corrected chi connectivity index (χ4v) is 3.08. The summed E-state index contributed by atoms with van der Waals surface area (Å²) >= 11 is 2.08. The first kappa shape index (κ1) is 12.3. The smallest absolute Gasteiger partial charge is 0.0666 e. The minimum absolute atomic E-state index is 0.469. The monoisotopic (exact) mass is 217 g/mol. The molecular weight excluding hydrogens is 194 g/mol. The van der Waals surface area contributed by atoms with Crippen LogP contribution in [0.15, 0.2) is 0 Å². The molecule has 0 N–H and O–H groups in total. The van der Waals surface area contributed by atoms with Crippen LogP contribution in [0.1, 0.15) is 27.2 Å². The molecule has 1 aliphatic rings. The van der Waals surface area contributed by atoms with Crippen molar-refractivity contribution in [3.63, 3.8) is 0 Å². The molecule has 3 heteroatoms. The maximum absolute atomic E-state index is 5.54. The Morgan fingerprint density at radius 3 is 2.57 bits per heavy atom. The lowest BCUT2D eigenvalue weighted by Gasteiger charge is -2.19. The lowest BCUT2D eigenvalue weighted by molar-refractivity contribution is 0.127. The predicted octanol–water partition coefficient (Wildman–Crippen LogP) is 2.24. The van der Waals surface area contributed by atoms with Crippen molar-refractivity contribution in [2.24, 2.45) is 0 Å². The van der Waals surface area contributed by atoms with Gasteiger partial charge in [-0.25, -0.2) is 0 Å². The highest BCUT2D eigenvalue weighted by Gasteiger charge is 2.24. The van der Waals surface area contributed by atoms with Gasteiger partial charge in [0.05, 0.1) is 6.10 Å². The lowest BCUT2D eigenvalue weighted by Crippen LogP contribution is -2.26. The van der Waals surface area contributed by atoms with Gasteiger partial charge in [0.2, 0.25) is 0 Å². The van der Waals surface area contributed by atoms with Crippen molar-refractivity contribution < 1.29 is 4.74 Å². The van der Waals surface area contributed by atoms with Crippen LogP contribution in [0.2, 0.25) is 0 Å². The summed E-state index contributed by atoms with van der Waals surface area (Å²) in [7, 11) is 0. The molecule has 1 saturated heterocycles. The molecule has 0 amide bonds. The van der Waals surface area contributed by atoms with Gasteiger partial charge >= 0.3 is 0 Å². The molecule has 2 atom stereocenters. The summed E-state index contributed by atoms with van der Waals surface area (Å²) in [6.45, 7) is 11.2. The molecule has 1 rings (SSSR count). The van der Waals surface area contributed by atoms with Gasteiger partial charge in [-0.15, -0.1) is 0 Å². The van der Waals surface area contributed by atoms with Gasteiger partial charge in [0.1, 0.15) is 0 Å². The maximum Gasteiger partial charge on any atom is 0.0666 e. The Hall–Kier alpha value is 0.270. The van der Waals surface area contributed by atoms with Crippen molar-refractivity contribution in [3.05, 3.63) is 0 Å². The number of thioether (sulfide) groups is 1. The fourth-order valence-electron chi connectivity index (χ4n) is 1.80. The van der Waals surface area contributed by atoms with Gasteiger partial charge in [-0.2, -0.15) is 11.8 Å². The molecule has 2 nitrogen and oxygen atoms in total. The number of hydrogen-bond acceptors (Lipinski definition) is 3. The van der Waals surface area contributed by atoms with Gasteiger partial charge in [-0.1, -0.05) is 13.8 Å². The molecule has 0 aliphatic carbocycles. The van der Waals surface area contributed by atoms with E-state index < -0.39 is 0 Å². The quantitative estimate of drug-likeness (QED) is 0.677. The van der Waals surface area contributed by atoms with E-state index in [1.165, 1.54) is 31.8 Å². The predicted molar refractivity (Wildman–Crippen MR) is 64.1 cm³/mol. The fraction of sp³-hybridized carbons (Fsp3) is 1.00. The molecule has 0 aromatic carbocycles. The lowest BCUT2D eigenvalue weighted by atomic mass is 10.3. The van der Waals surface area contributed by atoms with Crippen molar-refractivity contribution in [1.29, 1.82) is 0 Å². The van der Waals surface area contributed by atoms with E-state index in [-0.39, 0.29) is 0 Å². The largest absolute Gasteiger partial charge is 0.377 e. The third kappa shape index (κ3) is 3.79. The number of ether oxygens (including phenoxy) is 1. The van der Waals surface area contributed by atoms with E-state index in [1.54, 1.807) is 0 Å². The van der Waals surface area contributed by atoms with E-state index in [0.29, 0.717) is 6.10 Å². The van der Waals surface area contributed by atoms with E-state index in [0.717, 1.165) is 11.9 Å². The normalized spacial score (nSPS) is 27.4. The van der Waals surface area contributed by atoms with Crippen LogP contribution in [0.4, 0.5) is 0 Å². The Bertz CT molecular complexity index is 150. The van der Waals surface area contributed by atoms with Crippen molar-refractivity contribution >= 4 is 11.8 Å². The average Bonchev–Trinajstić information content (AvgIpc) is 2.59. The molecule has 0 aromatic rings. The van der Waals surface area contributed by atoms with E-state index in [2.05, 4.69) is 37.4 Å². The first-order valence-corrected chi connectivity index (χ1v) is 6.78. The number of nitrogens with zero attached hydrogens (tertiary/aromatic N) is 1. The first-order chi connectivity index (χ1) is 6.77. The zero-order chi connectivity index (χ0) is 10.4. The molecule has 0 bridgehead atoms. The van der Waals surface area contributed by atoms with Crippen molar-refractivity contribution in [2.45, 2.75) is 38.5 Å². The zero-order valence-corrected chi connectivity index (χ0v) is 10.5. The van der Waals surface area contributed by atoms with Gasteiger partial charge in [0, 0.05) is 24.2 Å². The molecule has 1 aliphatic heterocycles. The Morgan fingerprint density at radius 1 is 1.36 bits per heavy atom. The van der Waals surface area contributed by atoms with Crippen LogP contribution in [0.5, 0.6) is 0 Å². The molecule has 0 aromatic heterocycles. The maximum atomic E-state index is 5.54. The van der Waals surface area contributed by atoms with Gasteiger partial charge in [0.15, 0.2) is 0 Å². The average molecular weight is 217 g/mol. The molecule has 0 radical (unpaired) electrons. The van der Waals surface area contributed by atoms with Crippen LogP contribution in [-0.4, -0.2) is 48.2 Å². The van der Waals surface area contributed by atoms with Crippen molar-refractivity contribution in [2.75, 3.05) is 32.0 Å². The second kappa shape index (κ2) is 6.70. The van der Waals surface area contributed by atoms with Gasteiger partial charge < -0.3 is 9.64 Å². The molecule has 14 heavy (non-hydrogen) atoms. The Labute approximate surface area is 92.4 Å². The van der Waals surface area contributed by atoms with Crippen LogP contribution >= 0.6 is 11.8 Å². The Morgan fingerprint density at radius 2 is 2.07 bits per heavy atom. The molecule has 0 unspecified atom stereocenters. The highest BCUT2D eigenvalue weighted by atomic mass is 32.2. The number of rotatable bonds is 6. The molecular formula is C11H23NOS. The molecule has 0 spiro atoms. The minimum Gasteiger partial charge on any atom is -0.377 e. The minimum atomic E-state index is 0.469. The van der Waals surface area contributed by atoms with Gasteiger partial charge in [0.25, 0.3) is 0 Å². The summed E-state index contributed by atoms with van der Waals surface area (Å²) < 4.78 is 5.54. The third-order valence-corrected chi connectivity index (χ3v) is 4.41. The summed E-state index contributed by atoms with van der Waals surface area (Å²) in [6, 6.07) is 0. The SMILES string of the molecule is CCN(CC)CCS[C@H]1CCO[C@@H]1C. The number of hydrogen-bond donors (Lipinski definition) is 0. The second-order valence-corrected chi connectivity index (χ2v) is 5.15.